The summed E-state index contributed by atoms with van der Waals surface area (Å²) < 4.78 is 4.83. The molecule has 0 amide bonds. The normalized spacial score (nSPS) is 8.58. The lowest BCUT2D eigenvalue weighted by Gasteiger charge is -1.86. The molecule has 1 heteroatoms. The van der Waals surface area contributed by atoms with Crippen LogP contribution in [0.1, 0.15) is 19.4 Å². The van der Waals surface area contributed by atoms with Crippen LogP contribution in [0.4, 0.5) is 0 Å². The molecule has 0 N–H and O–H groups in total. The predicted octanol–water partition coefficient (Wildman–Crippen LogP) is 3.04. The summed E-state index contributed by atoms with van der Waals surface area (Å²) in [6.07, 6.45) is 0. The molecular weight excluding hydrogens is 148 g/mol. The Balaban J connectivity index is 0.000000217. The lowest BCUT2D eigenvalue weighted by Crippen LogP contribution is -1.84. The molecule has 0 bridgehead atoms. The molecule has 0 saturated carbocycles. The third-order valence-electron chi connectivity index (χ3n) is 1.35. The number of aryl methyl sites for hydroxylation is 1. The second kappa shape index (κ2) is 8.28. The topological polar surface area (TPSA) is 9.23 Å². The van der Waals surface area contributed by atoms with Crippen molar-refractivity contribution >= 4 is 0 Å². The Kier molecular flexibility index (Phi) is 7.71. The molecule has 0 aliphatic rings. The van der Waals surface area contributed by atoms with Crippen molar-refractivity contribution in [2.24, 2.45) is 0 Å². The Hall–Kier alpha value is -0.820. The molecule has 0 aliphatic heterocycles. The van der Waals surface area contributed by atoms with Crippen LogP contribution in [0, 0.1) is 6.92 Å². The van der Waals surface area contributed by atoms with E-state index in [-0.39, 0.29) is 0 Å². The van der Waals surface area contributed by atoms with Crippen molar-refractivity contribution in [3.63, 3.8) is 0 Å². The second-order valence-corrected chi connectivity index (χ2v) is 2.44. The van der Waals surface area contributed by atoms with E-state index in [0.717, 1.165) is 13.2 Å². The highest BCUT2D eigenvalue weighted by molar-refractivity contribution is 5.11. The first-order valence-corrected chi connectivity index (χ1v) is 4.40. The van der Waals surface area contributed by atoms with Crippen LogP contribution in [0.3, 0.4) is 0 Å². The first kappa shape index (κ1) is 11.2. The van der Waals surface area contributed by atoms with Crippen LogP contribution in [-0.4, -0.2) is 13.2 Å². The van der Waals surface area contributed by atoms with Crippen molar-refractivity contribution in [3.05, 3.63) is 35.9 Å². The summed E-state index contributed by atoms with van der Waals surface area (Å²) in [5.41, 5.74) is 1.32. The first-order chi connectivity index (χ1) is 5.81. The number of ether oxygens (including phenoxy) is 1. The summed E-state index contributed by atoms with van der Waals surface area (Å²) >= 11 is 0. The van der Waals surface area contributed by atoms with Crippen molar-refractivity contribution in [2.45, 2.75) is 20.8 Å². The number of hydrogen-bond acceptors (Lipinski definition) is 1. The molecule has 0 atom stereocenters. The number of benzene rings is 1. The van der Waals surface area contributed by atoms with E-state index in [4.69, 9.17) is 4.74 Å². The van der Waals surface area contributed by atoms with Gasteiger partial charge in [0.2, 0.25) is 0 Å². The molecule has 0 unspecified atom stereocenters. The van der Waals surface area contributed by atoms with Crippen molar-refractivity contribution in [1.82, 2.24) is 0 Å². The standard InChI is InChI=1S/C7H8.C4H10O/c1-7-5-3-2-4-6-7;1-3-5-4-2/h2-6H,1H3;3-4H2,1-2H3. The van der Waals surface area contributed by atoms with Gasteiger partial charge >= 0.3 is 0 Å². The third-order valence-corrected chi connectivity index (χ3v) is 1.35. The average Bonchev–Trinajstić information content (AvgIpc) is 2.08. The van der Waals surface area contributed by atoms with Gasteiger partial charge in [-0.2, -0.15) is 0 Å². The van der Waals surface area contributed by atoms with Gasteiger partial charge in [-0.15, -0.1) is 0 Å². The minimum atomic E-state index is 0.844. The number of hydrogen-bond donors (Lipinski definition) is 0. The van der Waals surface area contributed by atoms with Gasteiger partial charge in [-0.3, -0.25) is 0 Å². The molecule has 0 fully saturated rings. The van der Waals surface area contributed by atoms with Gasteiger partial charge in [0.25, 0.3) is 0 Å². The highest BCUT2D eigenvalue weighted by Crippen LogP contribution is 1.92. The van der Waals surface area contributed by atoms with Gasteiger partial charge in [-0.25, -0.2) is 0 Å². The fraction of sp³-hybridized carbons (Fsp3) is 0.455. The minimum Gasteiger partial charge on any atom is -0.382 e. The molecule has 1 rings (SSSR count). The van der Waals surface area contributed by atoms with Gasteiger partial charge in [0.05, 0.1) is 0 Å². The Morgan fingerprint density at radius 1 is 1.00 bits per heavy atom. The van der Waals surface area contributed by atoms with Crippen molar-refractivity contribution in [2.75, 3.05) is 13.2 Å². The van der Waals surface area contributed by atoms with Crippen LogP contribution < -0.4 is 0 Å². The largest absolute Gasteiger partial charge is 0.382 e. The van der Waals surface area contributed by atoms with Crippen LogP contribution in [-0.2, 0) is 4.74 Å². The molecule has 0 radical (unpaired) electrons. The van der Waals surface area contributed by atoms with E-state index in [1.54, 1.807) is 0 Å². The van der Waals surface area contributed by atoms with Gasteiger partial charge < -0.3 is 4.74 Å². The van der Waals surface area contributed by atoms with E-state index >= 15 is 0 Å². The molecule has 1 aromatic rings. The lowest BCUT2D eigenvalue weighted by atomic mass is 10.2. The monoisotopic (exact) mass is 166 g/mol. The smallest absolute Gasteiger partial charge is 0.0437 e. The molecular formula is C11H18O. The van der Waals surface area contributed by atoms with Crippen LogP contribution in [0.25, 0.3) is 0 Å². The molecule has 68 valence electrons. The molecule has 0 heterocycles. The Bertz CT molecular complexity index is 168. The van der Waals surface area contributed by atoms with E-state index in [0.29, 0.717) is 0 Å². The van der Waals surface area contributed by atoms with E-state index in [2.05, 4.69) is 19.1 Å². The van der Waals surface area contributed by atoms with Crippen molar-refractivity contribution < 1.29 is 4.74 Å². The summed E-state index contributed by atoms with van der Waals surface area (Å²) in [5.74, 6) is 0. The van der Waals surface area contributed by atoms with E-state index < -0.39 is 0 Å². The molecule has 12 heavy (non-hydrogen) atoms. The maximum Gasteiger partial charge on any atom is 0.0437 e. The van der Waals surface area contributed by atoms with Crippen molar-refractivity contribution in [3.8, 4) is 0 Å². The van der Waals surface area contributed by atoms with Gasteiger partial charge in [0.15, 0.2) is 0 Å². The Labute approximate surface area is 75.4 Å². The average molecular weight is 166 g/mol. The highest BCUT2D eigenvalue weighted by atomic mass is 16.5. The SMILES string of the molecule is CCOCC.Cc1ccccc1. The minimum absolute atomic E-state index is 0.844. The highest BCUT2D eigenvalue weighted by Gasteiger charge is 1.72. The Morgan fingerprint density at radius 3 is 1.67 bits per heavy atom. The zero-order valence-corrected chi connectivity index (χ0v) is 8.21. The van der Waals surface area contributed by atoms with E-state index in [1.165, 1.54) is 5.56 Å². The van der Waals surface area contributed by atoms with E-state index in [1.807, 2.05) is 32.0 Å². The zero-order chi connectivity index (χ0) is 9.23. The zero-order valence-electron chi connectivity index (χ0n) is 8.21. The third kappa shape index (κ3) is 7.29. The maximum atomic E-state index is 4.83. The van der Waals surface area contributed by atoms with Gasteiger partial charge in [0, 0.05) is 13.2 Å². The quantitative estimate of drug-likeness (QED) is 0.656. The van der Waals surface area contributed by atoms with E-state index in [9.17, 15) is 0 Å². The fourth-order valence-electron chi connectivity index (χ4n) is 0.739. The first-order valence-electron chi connectivity index (χ1n) is 4.40. The summed E-state index contributed by atoms with van der Waals surface area (Å²) in [4.78, 5) is 0. The van der Waals surface area contributed by atoms with Gasteiger partial charge in [-0.1, -0.05) is 35.9 Å². The maximum absolute atomic E-state index is 4.83. The van der Waals surface area contributed by atoms with Crippen LogP contribution in [0.5, 0.6) is 0 Å². The molecule has 0 spiro atoms. The van der Waals surface area contributed by atoms with Gasteiger partial charge in [-0.05, 0) is 20.8 Å². The molecule has 0 aromatic heterocycles. The van der Waals surface area contributed by atoms with Crippen molar-refractivity contribution in [1.29, 1.82) is 0 Å². The predicted molar refractivity (Wildman–Crippen MR) is 53.3 cm³/mol. The summed E-state index contributed by atoms with van der Waals surface area (Å²) in [5, 5.41) is 0. The molecule has 1 aromatic carbocycles. The lowest BCUT2D eigenvalue weighted by molar-refractivity contribution is 0.162. The second-order valence-electron chi connectivity index (χ2n) is 2.44. The number of rotatable bonds is 2. The molecule has 0 aliphatic carbocycles. The Morgan fingerprint density at radius 2 is 1.50 bits per heavy atom. The van der Waals surface area contributed by atoms with Gasteiger partial charge in [0.1, 0.15) is 0 Å². The molecule has 1 nitrogen and oxygen atoms in total. The van der Waals surface area contributed by atoms with Crippen LogP contribution in [0.15, 0.2) is 30.3 Å². The molecule has 0 saturated heterocycles. The fourth-order valence-corrected chi connectivity index (χ4v) is 0.739. The van der Waals surface area contributed by atoms with Crippen LogP contribution in [0.2, 0.25) is 0 Å². The summed E-state index contributed by atoms with van der Waals surface area (Å²) in [6.45, 7) is 7.75. The summed E-state index contributed by atoms with van der Waals surface area (Å²) in [7, 11) is 0. The summed E-state index contributed by atoms with van der Waals surface area (Å²) in [6, 6.07) is 10.3. The van der Waals surface area contributed by atoms with Crippen LogP contribution >= 0.6 is 0 Å².